The van der Waals surface area contributed by atoms with Crippen LogP contribution in [0.5, 0.6) is 5.75 Å². The minimum atomic E-state index is -3.59. The highest BCUT2D eigenvalue weighted by Gasteiger charge is 2.36. The van der Waals surface area contributed by atoms with Gasteiger partial charge in [-0.3, -0.25) is 9.10 Å². The quantitative estimate of drug-likeness (QED) is 0.725. The predicted octanol–water partition coefficient (Wildman–Crippen LogP) is 4.14. The summed E-state index contributed by atoms with van der Waals surface area (Å²) in [5.74, 6) is 0.0141. The van der Waals surface area contributed by atoms with E-state index in [4.69, 9.17) is 4.74 Å². The molecule has 1 saturated heterocycles. The first-order valence-corrected chi connectivity index (χ1v) is 13.3. The number of hydrogen-bond donors (Lipinski definition) is 1. The van der Waals surface area contributed by atoms with Crippen LogP contribution in [0.2, 0.25) is 0 Å². The highest BCUT2D eigenvalue weighted by Crippen LogP contribution is 2.38. The zero-order chi connectivity index (χ0) is 23.8. The van der Waals surface area contributed by atoms with Gasteiger partial charge in [0.2, 0.25) is 10.0 Å². The van der Waals surface area contributed by atoms with E-state index in [1.165, 1.54) is 23.6 Å². The van der Waals surface area contributed by atoms with Gasteiger partial charge in [-0.25, -0.2) is 8.42 Å². The summed E-state index contributed by atoms with van der Waals surface area (Å²) in [4.78, 5) is 15.3. The molecule has 0 aromatic heterocycles. The number of nitrogens with one attached hydrogen (secondary N) is 1. The summed E-state index contributed by atoms with van der Waals surface area (Å²) >= 11 is 0. The fraction of sp³-hybridized carbons (Fsp3) is 0.480. The zero-order valence-electron chi connectivity index (χ0n) is 19.8. The second-order valence-corrected chi connectivity index (χ2v) is 11.8. The first-order valence-electron chi connectivity index (χ1n) is 11.5. The van der Waals surface area contributed by atoms with Gasteiger partial charge < -0.3 is 15.0 Å². The summed E-state index contributed by atoms with van der Waals surface area (Å²) in [5.41, 5.74) is 3.12. The van der Waals surface area contributed by atoms with E-state index in [0.717, 1.165) is 30.6 Å². The van der Waals surface area contributed by atoms with E-state index in [0.29, 0.717) is 17.1 Å². The zero-order valence-corrected chi connectivity index (χ0v) is 20.6. The number of fused-ring (bicyclic) bond motifs is 1. The lowest BCUT2D eigenvalue weighted by Crippen LogP contribution is -2.48. The molecule has 8 heteroatoms. The molecular weight excluding hydrogens is 438 g/mol. The lowest BCUT2D eigenvalue weighted by Gasteiger charge is -2.35. The van der Waals surface area contributed by atoms with Crippen molar-refractivity contribution < 1.29 is 17.9 Å². The molecule has 4 rings (SSSR count). The second-order valence-electron chi connectivity index (χ2n) is 9.92. The monoisotopic (exact) mass is 471 g/mol. The minimum absolute atomic E-state index is 0.0723. The number of carbonyl (C=O) groups is 1. The number of rotatable bonds is 4. The average Bonchev–Trinajstić information content (AvgIpc) is 2.77. The molecule has 1 atom stereocenters. The molecule has 1 fully saturated rings. The molecule has 178 valence electrons. The number of hydrogen-bond acceptors (Lipinski definition) is 5. The Labute approximate surface area is 196 Å². The van der Waals surface area contributed by atoms with Crippen LogP contribution in [0, 0.1) is 0 Å². The largest absolute Gasteiger partial charge is 0.476 e. The maximum atomic E-state index is 13.0. The third-order valence-corrected chi connectivity index (χ3v) is 7.39. The summed E-state index contributed by atoms with van der Waals surface area (Å²) in [5, 5.41) is 2.88. The first-order chi connectivity index (χ1) is 15.5. The van der Waals surface area contributed by atoms with Gasteiger partial charge >= 0.3 is 0 Å². The molecule has 0 aliphatic carbocycles. The molecule has 2 aromatic rings. The van der Waals surface area contributed by atoms with Gasteiger partial charge in [-0.1, -0.05) is 26.8 Å². The highest BCUT2D eigenvalue weighted by molar-refractivity contribution is 7.92. The van der Waals surface area contributed by atoms with E-state index in [-0.39, 0.29) is 17.9 Å². The maximum absolute atomic E-state index is 13.0. The van der Waals surface area contributed by atoms with Crippen LogP contribution in [0.1, 0.15) is 45.6 Å². The normalized spacial score (nSPS) is 19.0. The number of benzene rings is 2. The second kappa shape index (κ2) is 8.89. The Morgan fingerprint density at radius 3 is 2.30 bits per heavy atom. The van der Waals surface area contributed by atoms with Crippen molar-refractivity contribution in [2.24, 2.45) is 0 Å². The van der Waals surface area contributed by atoms with Crippen LogP contribution in [0.3, 0.4) is 0 Å². The third-order valence-electron chi connectivity index (χ3n) is 6.24. The number of carbonyl (C=O) groups excluding carboxylic acids is 1. The molecule has 2 aromatic carbocycles. The van der Waals surface area contributed by atoms with Gasteiger partial charge in [0.05, 0.1) is 18.5 Å². The molecule has 2 aliphatic heterocycles. The Kier molecular flexibility index (Phi) is 6.31. The molecule has 0 saturated carbocycles. The standard InChI is InChI=1S/C25H33N3O4S/c1-25(2,3)18-8-13-22-21(16-18)28(33(4,30)31)17-23(32-22)24(29)26-19-9-11-20(12-10-19)27-14-6-5-7-15-27/h8-13,16,23H,5-7,14-15,17H2,1-4H3,(H,26,29)/t23-/m1/s1. The van der Waals surface area contributed by atoms with Crippen molar-refractivity contribution in [3.63, 3.8) is 0 Å². The van der Waals surface area contributed by atoms with Crippen molar-refractivity contribution in [3.8, 4) is 5.75 Å². The van der Waals surface area contributed by atoms with Crippen molar-refractivity contribution in [1.82, 2.24) is 0 Å². The Morgan fingerprint density at radius 2 is 1.70 bits per heavy atom. The van der Waals surface area contributed by atoms with Crippen molar-refractivity contribution in [3.05, 3.63) is 48.0 Å². The van der Waals surface area contributed by atoms with Gasteiger partial charge in [0.1, 0.15) is 5.75 Å². The molecule has 2 heterocycles. The Bertz CT molecular complexity index is 1120. The van der Waals surface area contributed by atoms with Crippen LogP contribution < -0.4 is 19.3 Å². The molecule has 33 heavy (non-hydrogen) atoms. The smallest absolute Gasteiger partial charge is 0.267 e. The Balaban J connectivity index is 1.52. The van der Waals surface area contributed by atoms with Crippen LogP contribution >= 0.6 is 0 Å². The van der Waals surface area contributed by atoms with Crippen molar-refractivity contribution >= 4 is 33.0 Å². The predicted molar refractivity (Wildman–Crippen MR) is 133 cm³/mol. The van der Waals surface area contributed by atoms with Gasteiger partial charge in [-0.2, -0.15) is 0 Å². The van der Waals surface area contributed by atoms with E-state index in [1.807, 2.05) is 36.4 Å². The summed E-state index contributed by atoms with van der Waals surface area (Å²) in [6.45, 7) is 8.23. The fourth-order valence-electron chi connectivity index (χ4n) is 4.30. The van der Waals surface area contributed by atoms with Crippen LogP contribution in [0.25, 0.3) is 0 Å². The van der Waals surface area contributed by atoms with Crippen molar-refractivity contribution in [1.29, 1.82) is 0 Å². The first kappa shape index (κ1) is 23.4. The van der Waals surface area contributed by atoms with Crippen LogP contribution in [0.4, 0.5) is 17.1 Å². The third kappa shape index (κ3) is 5.27. The van der Waals surface area contributed by atoms with Gasteiger partial charge in [-0.15, -0.1) is 0 Å². The maximum Gasteiger partial charge on any atom is 0.267 e. The fourth-order valence-corrected chi connectivity index (χ4v) is 5.21. The van der Waals surface area contributed by atoms with Crippen LogP contribution in [-0.2, 0) is 20.2 Å². The van der Waals surface area contributed by atoms with Crippen molar-refractivity contribution in [2.75, 3.05) is 40.4 Å². The summed E-state index contributed by atoms with van der Waals surface area (Å²) in [6.07, 6.45) is 3.88. The average molecular weight is 472 g/mol. The van der Waals surface area contributed by atoms with E-state index in [1.54, 1.807) is 6.07 Å². The molecule has 0 unspecified atom stereocenters. The van der Waals surface area contributed by atoms with Crippen molar-refractivity contribution in [2.45, 2.75) is 51.6 Å². The molecule has 2 aliphatic rings. The minimum Gasteiger partial charge on any atom is -0.476 e. The lowest BCUT2D eigenvalue weighted by atomic mass is 9.86. The van der Waals surface area contributed by atoms with Gasteiger partial charge in [0, 0.05) is 24.5 Å². The topological polar surface area (TPSA) is 79.0 Å². The summed E-state index contributed by atoms with van der Waals surface area (Å²) < 4.78 is 32.3. The molecular formula is C25H33N3O4S. The number of nitrogens with zero attached hydrogens (tertiary/aromatic N) is 2. The molecule has 0 spiro atoms. The number of ether oxygens (including phenoxy) is 1. The van der Waals surface area contributed by atoms with Gasteiger partial charge in [0.15, 0.2) is 6.10 Å². The lowest BCUT2D eigenvalue weighted by molar-refractivity contribution is -0.122. The molecule has 0 radical (unpaired) electrons. The van der Waals surface area contributed by atoms with Crippen LogP contribution in [-0.4, -0.2) is 46.3 Å². The van der Waals surface area contributed by atoms with Crippen LogP contribution in [0.15, 0.2) is 42.5 Å². The SMILES string of the molecule is CC(C)(C)c1ccc2c(c1)N(S(C)(=O)=O)C[C@H](C(=O)Nc1ccc(N3CCCCC3)cc1)O2. The number of amides is 1. The Morgan fingerprint density at radius 1 is 1.03 bits per heavy atom. The Hall–Kier alpha value is -2.74. The molecule has 1 amide bonds. The molecule has 1 N–H and O–H groups in total. The molecule has 7 nitrogen and oxygen atoms in total. The van der Waals surface area contributed by atoms with E-state index in [9.17, 15) is 13.2 Å². The van der Waals surface area contributed by atoms with E-state index >= 15 is 0 Å². The molecule has 0 bridgehead atoms. The summed E-state index contributed by atoms with van der Waals surface area (Å²) in [7, 11) is -3.59. The highest BCUT2D eigenvalue weighted by atomic mass is 32.2. The van der Waals surface area contributed by atoms with Gasteiger partial charge in [-0.05, 0) is 66.6 Å². The van der Waals surface area contributed by atoms with E-state index < -0.39 is 16.1 Å². The van der Waals surface area contributed by atoms with E-state index in [2.05, 4.69) is 31.0 Å². The summed E-state index contributed by atoms with van der Waals surface area (Å²) in [6, 6.07) is 13.3. The number of sulfonamides is 1. The van der Waals surface area contributed by atoms with Gasteiger partial charge in [0.25, 0.3) is 5.91 Å². The number of anilines is 3. The number of piperidine rings is 1.